The van der Waals surface area contributed by atoms with E-state index in [-0.39, 0.29) is 10.6 Å². The number of hydrogen-bond donors (Lipinski definition) is 1. The summed E-state index contributed by atoms with van der Waals surface area (Å²) < 4.78 is 37.6. The summed E-state index contributed by atoms with van der Waals surface area (Å²) in [6.45, 7) is 1.49. The van der Waals surface area contributed by atoms with E-state index in [0.717, 1.165) is 0 Å². The monoisotopic (exact) mass is 223 g/mol. The predicted octanol–water partition coefficient (Wildman–Crippen LogP) is 3.38. The second kappa shape index (κ2) is 3.79. The molecule has 0 aliphatic heterocycles. The minimum Gasteiger partial charge on any atom is -0.324 e. The number of halogens is 4. The zero-order chi connectivity index (χ0) is 10.9. The molecule has 0 radical (unpaired) electrons. The van der Waals surface area contributed by atoms with Gasteiger partial charge < -0.3 is 5.73 Å². The van der Waals surface area contributed by atoms with Crippen molar-refractivity contribution in [1.82, 2.24) is 0 Å². The first-order valence-corrected chi connectivity index (χ1v) is 4.33. The van der Waals surface area contributed by atoms with Gasteiger partial charge in [-0.2, -0.15) is 13.2 Å². The zero-order valence-corrected chi connectivity index (χ0v) is 8.15. The molecule has 0 fully saturated rings. The number of rotatable bonds is 1. The van der Waals surface area contributed by atoms with Crippen LogP contribution in [0.5, 0.6) is 0 Å². The van der Waals surface area contributed by atoms with Crippen LogP contribution in [0, 0.1) is 0 Å². The van der Waals surface area contributed by atoms with Gasteiger partial charge in [-0.1, -0.05) is 23.7 Å². The molecule has 1 aromatic rings. The Morgan fingerprint density at radius 3 is 2.29 bits per heavy atom. The van der Waals surface area contributed by atoms with Crippen LogP contribution in [0.25, 0.3) is 0 Å². The molecule has 1 rings (SSSR count). The van der Waals surface area contributed by atoms with Crippen LogP contribution in [0.15, 0.2) is 18.2 Å². The van der Waals surface area contributed by atoms with E-state index in [2.05, 4.69) is 0 Å². The van der Waals surface area contributed by atoms with Gasteiger partial charge in [-0.25, -0.2) is 0 Å². The van der Waals surface area contributed by atoms with E-state index in [1.165, 1.54) is 25.1 Å². The number of alkyl halides is 3. The Labute approximate surface area is 84.7 Å². The summed E-state index contributed by atoms with van der Waals surface area (Å²) in [6.07, 6.45) is -4.46. The average Bonchev–Trinajstić information content (AvgIpc) is 2.01. The molecule has 1 aromatic carbocycles. The molecule has 0 spiro atoms. The molecule has 2 N–H and O–H groups in total. The average molecular weight is 224 g/mol. The smallest absolute Gasteiger partial charge is 0.324 e. The predicted molar refractivity (Wildman–Crippen MR) is 49.1 cm³/mol. The highest BCUT2D eigenvalue weighted by molar-refractivity contribution is 6.31. The number of benzene rings is 1. The van der Waals surface area contributed by atoms with Crippen LogP contribution < -0.4 is 5.73 Å². The van der Waals surface area contributed by atoms with Crippen LogP contribution in [0.3, 0.4) is 0 Å². The van der Waals surface area contributed by atoms with Gasteiger partial charge in [-0.3, -0.25) is 0 Å². The van der Waals surface area contributed by atoms with Gasteiger partial charge in [-0.05, 0) is 18.6 Å². The van der Waals surface area contributed by atoms with Gasteiger partial charge in [0.15, 0.2) is 0 Å². The van der Waals surface area contributed by atoms with Crippen LogP contribution in [0.2, 0.25) is 5.02 Å². The molecule has 0 saturated carbocycles. The second-order valence-corrected chi connectivity index (χ2v) is 3.40. The van der Waals surface area contributed by atoms with Crippen LogP contribution in [0.4, 0.5) is 13.2 Å². The van der Waals surface area contributed by atoms with Gasteiger partial charge in [0.05, 0.1) is 10.6 Å². The summed E-state index contributed by atoms with van der Waals surface area (Å²) in [5.74, 6) is 0. The van der Waals surface area contributed by atoms with Crippen molar-refractivity contribution in [2.45, 2.75) is 19.1 Å². The molecule has 0 amide bonds. The summed E-state index contributed by atoms with van der Waals surface area (Å²) in [6, 6.07) is 3.30. The Bertz CT molecular complexity index is 333. The second-order valence-electron chi connectivity index (χ2n) is 2.99. The lowest BCUT2D eigenvalue weighted by atomic mass is 10.0. The molecule has 0 aliphatic rings. The van der Waals surface area contributed by atoms with Crippen molar-refractivity contribution in [3.8, 4) is 0 Å². The van der Waals surface area contributed by atoms with Crippen molar-refractivity contribution in [3.63, 3.8) is 0 Å². The Hall–Kier alpha value is -0.740. The van der Waals surface area contributed by atoms with Crippen molar-refractivity contribution in [3.05, 3.63) is 34.3 Å². The van der Waals surface area contributed by atoms with Crippen molar-refractivity contribution < 1.29 is 13.2 Å². The summed E-state index contributed by atoms with van der Waals surface area (Å²) in [4.78, 5) is 0. The SMILES string of the molecule is C[C@@H](N)c1cccc(Cl)c1C(F)(F)F. The molecule has 0 aliphatic carbocycles. The van der Waals surface area contributed by atoms with Gasteiger partial charge in [0.25, 0.3) is 0 Å². The molecular formula is C9H9ClF3N. The molecule has 1 nitrogen and oxygen atoms in total. The summed E-state index contributed by atoms with van der Waals surface area (Å²) in [7, 11) is 0. The van der Waals surface area contributed by atoms with Crippen LogP contribution in [0.1, 0.15) is 24.1 Å². The molecule has 0 bridgehead atoms. The lowest BCUT2D eigenvalue weighted by molar-refractivity contribution is -0.138. The van der Waals surface area contributed by atoms with Crippen molar-refractivity contribution in [2.24, 2.45) is 5.73 Å². The largest absolute Gasteiger partial charge is 0.418 e. The zero-order valence-electron chi connectivity index (χ0n) is 7.40. The fourth-order valence-corrected chi connectivity index (χ4v) is 1.51. The lowest BCUT2D eigenvalue weighted by Gasteiger charge is -2.16. The van der Waals surface area contributed by atoms with E-state index in [4.69, 9.17) is 17.3 Å². The fourth-order valence-electron chi connectivity index (χ4n) is 1.22. The van der Waals surface area contributed by atoms with Gasteiger partial charge in [0.2, 0.25) is 0 Å². The molecule has 78 valence electrons. The van der Waals surface area contributed by atoms with Crippen molar-refractivity contribution >= 4 is 11.6 Å². The molecule has 0 heterocycles. The first kappa shape index (κ1) is 11.3. The third kappa shape index (κ3) is 2.19. The maximum atomic E-state index is 12.5. The van der Waals surface area contributed by atoms with Gasteiger partial charge >= 0.3 is 6.18 Å². The van der Waals surface area contributed by atoms with E-state index in [0.29, 0.717) is 0 Å². The first-order valence-electron chi connectivity index (χ1n) is 3.95. The molecule has 14 heavy (non-hydrogen) atoms. The van der Waals surface area contributed by atoms with Crippen molar-refractivity contribution in [1.29, 1.82) is 0 Å². The van der Waals surface area contributed by atoms with Crippen LogP contribution in [-0.4, -0.2) is 0 Å². The quantitative estimate of drug-likeness (QED) is 0.776. The molecule has 5 heteroatoms. The maximum absolute atomic E-state index is 12.5. The van der Waals surface area contributed by atoms with Gasteiger partial charge in [0, 0.05) is 6.04 Å². The first-order chi connectivity index (χ1) is 6.34. The highest BCUT2D eigenvalue weighted by Crippen LogP contribution is 2.38. The van der Waals surface area contributed by atoms with E-state index >= 15 is 0 Å². The number of hydrogen-bond acceptors (Lipinski definition) is 1. The lowest BCUT2D eigenvalue weighted by Crippen LogP contribution is -2.15. The van der Waals surface area contributed by atoms with E-state index < -0.39 is 17.8 Å². The Kier molecular flexibility index (Phi) is 3.07. The third-order valence-corrected chi connectivity index (χ3v) is 2.13. The Morgan fingerprint density at radius 2 is 1.93 bits per heavy atom. The third-order valence-electron chi connectivity index (χ3n) is 1.82. The normalized spacial score (nSPS) is 14.1. The summed E-state index contributed by atoms with van der Waals surface area (Å²) >= 11 is 5.48. The number of nitrogens with two attached hydrogens (primary N) is 1. The topological polar surface area (TPSA) is 26.0 Å². The van der Waals surface area contributed by atoms with Gasteiger partial charge in [0.1, 0.15) is 0 Å². The van der Waals surface area contributed by atoms with Crippen molar-refractivity contribution in [2.75, 3.05) is 0 Å². The Balaban J connectivity index is 3.38. The van der Waals surface area contributed by atoms with Crippen LogP contribution in [-0.2, 0) is 6.18 Å². The summed E-state index contributed by atoms with van der Waals surface area (Å²) in [5.41, 5.74) is 4.60. The molecule has 0 unspecified atom stereocenters. The van der Waals surface area contributed by atoms with E-state index in [1.807, 2.05) is 0 Å². The minimum absolute atomic E-state index is 0.0185. The highest BCUT2D eigenvalue weighted by atomic mass is 35.5. The maximum Gasteiger partial charge on any atom is 0.418 e. The van der Waals surface area contributed by atoms with E-state index in [1.54, 1.807) is 0 Å². The van der Waals surface area contributed by atoms with Gasteiger partial charge in [-0.15, -0.1) is 0 Å². The highest BCUT2D eigenvalue weighted by Gasteiger charge is 2.36. The summed E-state index contributed by atoms with van der Waals surface area (Å²) in [5, 5.41) is -0.313. The molecule has 0 saturated heterocycles. The van der Waals surface area contributed by atoms with E-state index in [9.17, 15) is 13.2 Å². The minimum atomic E-state index is -4.46. The Morgan fingerprint density at radius 1 is 1.36 bits per heavy atom. The standard InChI is InChI=1S/C9H9ClF3N/c1-5(14)6-3-2-4-7(10)8(6)9(11,12)13/h2-5H,14H2,1H3/t5-/m1/s1. The molecule has 0 aromatic heterocycles. The van der Waals surface area contributed by atoms with Crippen LogP contribution >= 0.6 is 11.6 Å². The fraction of sp³-hybridized carbons (Fsp3) is 0.333. The molecule has 1 atom stereocenters. The molecular weight excluding hydrogens is 215 g/mol.